The summed E-state index contributed by atoms with van der Waals surface area (Å²) in [5, 5.41) is 18.2. The quantitative estimate of drug-likeness (QED) is 0.125. The average molecular weight is 414 g/mol. The Hall–Kier alpha value is -0.650. The Morgan fingerprint density at radius 1 is 0.655 bits per heavy atom. The second-order valence-electron chi connectivity index (χ2n) is 8.50. The second-order valence-corrected chi connectivity index (χ2v) is 8.50. The zero-order valence-electron chi connectivity index (χ0n) is 19.6. The van der Waals surface area contributed by atoms with Gasteiger partial charge in [0.15, 0.2) is 0 Å². The fraction of sp³-hybridized carbons (Fsp3) is 0.958. The van der Waals surface area contributed by atoms with Crippen LogP contribution >= 0.6 is 0 Å². The predicted molar refractivity (Wildman–Crippen MR) is 126 cm³/mol. The van der Waals surface area contributed by atoms with Crippen LogP contribution in [0, 0.1) is 0 Å². The molecule has 29 heavy (non-hydrogen) atoms. The van der Waals surface area contributed by atoms with E-state index in [1.807, 2.05) is 6.92 Å². The molecule has 174 valence electrons. The van der Waals surface area contributed by atoms with Gasteiger partial charge >= 0.3 is 5.97 Å². The van der Waals surface area contributed by atoms with Crippen LogP contribution in [-0.2, 0) is 4.79 Å². The highest BCUT2D eigenvalue weighted by atomic mass is 16.4. The molecule has 0 aromatic carbocycles. The normalized spacial score (nSPS) is 12.3. The Bertz CT molecular complexity index is 340. The summed E-state index contributed by atoms with van der Waals surface area (Å²) < 4.78 is 0. The third kappa shape index (κ3) is 25.3. The molecule has 5 nitrogen and oxygen atoms in total. The maximum absolute atomic E-state index is 10.5. The van der Waals surface area contributed by atoms with Crippen molar-refractivity contribution in [1.29, 1.82) is 0 Å². The first kappa shape index (κ1) is 28.4. The molecule has 0 aromatic heterocycles. The van der Waals surface area contributed by atoms with Crippen molar-refractivity contribution in [1.82, 2.24) is 16.0 Å². The topological polar surface area (TPSA) is 73.4 Å². The molecule has 0 fully saturated rings. The van der Waals surface area contributed by atoms with E-state index in [1.165, 1.54) is 103 Å². The van der Waals surface area contributed by atoms with Gasteiger partial charge in [-0.05, 0) is 19.9 Å². The van der Waals surface area contributed by atoms with Gasteiger partial charge < -0.3 is 15.7 Å². The van der Waals surface area contributed by atoms with Crippen LogP contribution in [0.2, 0.25) is 0 Å². The number of carbonyl (C=O) groups is 1. The van der Waals surface area contributed by atoms with Crippen molar-refractivity contribution in [3.05, 3.63) is 0 Å². The molecule has 0 rings (SSSR count). The summed E-state index contributed by atoms with van der Waals surface area (Å²) in [6, 6.07) is 0. The van der Waals surface area contributed by atoms with E-state index in [0.717, 1.165) is 19.6 Å². The summed E-state index contributed by atoms with van der Waals surface area (Å²) in [7, 11) is 0. The third-order valence-corrected chi connectivity index (χ3v) is 5.52. The minimum absolute atomic E-state index is 0.000783. The van der Waals surface area contributed by atoms with E-state index >= 15 is 0 Å². The number of aliphatic carboxylic acids is 1. The van der Waals surface area contributed by atoms with Crippen LogP contribution in [0.5, 0.6) is 0 Å². The molecule has 0 saturated carbocycles. The number of rotatable bonds is 24. The minimum Gasteiger partial charge on any atom is -0.480 e. The molecule has 4 N–H and O–H groups in total. The molecular formula is C24H51N3O2. The van der Waals surface area contributed by atoms with Crippen LogP contribution in [0.15, 0.2) is 0 Å². The van der Waals surface area contributed by atoms with Crippen LogP contribution in [0.1, 0.15) is 117 Å². The average Bonchev–Trinajstić information content (AvgIpc) is 2.70. The van der Waals surface area contributed by atoms with Crippen molar-refractivity contribution in [2.45, 2.75) is 123 Å². The molecule has 0 aliphatic rings. The van der Waals surface area contributed by atoms with Gasteiger partial charge in [0.25, 0.3) is 0 Å². The highest BCUT2D eigenvalue weighted by Crippen LogP contribution is 2.13. The number of hydrogen-bond donors (Lipinski definition) is 4. The van der Waals surface area contributed by atoms with E-state index in [2.05, 4.69) is 22.9 Å². The van der Waals surface area contributed by atoms with E-state index in [9.17, 15) is 4.79 Å². The van der Waals surface area contributed by atoms with Crippen molar-refractivity contribution < 1.29 is 9.90 Å². The first-order valence-electron chi connectivity index (χ1n) is 12.6. The minimum atomic E-state index is -0.819. The van der Waals surface area contributed by atoms with Gasteiger partial charge in [-0.25, -0.2) is 0 Å². The summed E-state index contributed by atoms with van der Waals surface area (Å²) in [6.45, 7) is 7.09. The van der Waals surface area contributed by atoms with Crippen molar-refractivity contribution in [3.63, 3.8) is 0 Å². The lowest BCUT2D eigenvalue weighted by Crippen LogP contribution is -2.44. The summed E-state index contributed by atoms with van der Waals surface area (Å²) in [6.07, 6.45) is 22.6. The fourth-order valence-corrected chi connectivity index (χ4v) is 3.61. The molecule has 0 aromatic rings. The summed E-state index contributed by atoms with van der Waals surface area (Å²) in [5.41, 5.74) is 0. The SMILES string of the molecule is CCCCCCCCCCCCCCCCCCNCCNC(C)NCC(=O)O. The number of unbranched alkanes of at least 4 members (excludes halogenated alkanes) is 15. The third-order valence-electron chi connectivity index (χ3n) is 5.52. The van der Waals surface area contributed by atoms with E-state index in [4.69, 9.17) is 5.11 Å². The Morgan fingerprint density at radius 2 is 1.10 bits per heavy atom. The van der Waals surface area contributed by atoms with E-state index in [1.54, 1.807) is 0 Å². The predicted octanol–water partition coefficient (Wildman–Crippen LogP) is 5.45. The molecule has 5 heteroatoms. The van der Waals surface area contributed by atoms with Gasteiger partial charge in [0.05, 0.1) is 12.7 Å². The molecule has 0 aliphatic heterocycles. The Labute approximate surface area is 181 Å². The molecule has 0 aliphatic carbocycles. The standard InChI is InChI=1S/C24H51N3O2/c1-3-4-5-6-7-8-9-10-11-12-13-14-15-16-17-18-19-25-20-21-26-23(2)27-22-24(28)29/h23,25-27H,3-22H2,1-2H3,(H,28,29). The lowest BCUT2D eigenvalue weighted by Gasteiger charge is -2.14. The van der Waals surface area contributed by atoms with Gasteiger partial charge in [0.1, 0.15) is 0 Å². The molecule has 0 saturated heterocycles. The molecule has 1 unspecified atom stereocenters. The van der Waals surface area contributed by atoms with Crippen molar-refractivity contribution in [2.24, 2.45) is 0 Å². The van der Waals surface area contributed by atoms with Crippen LogP contribution in [-0.4, -0.2) is 43.4 Å². The van der Waals surface area contributed by atoms with Crippen molar-refractivity contribution in [3.8, 4) is 0 Å². The highest BCUT2D eigenvalue weighted by Gasteiger charge is 2.02. The lowest BCUT2D eigenvalue weighted by atomic mass is 10.0. The number of carboxylic acid groups (broad SMARTS) is 1. The summed E-state index contributed by atoms with van der Waals surface area (Å²) >= 11 is 0. The number of carboxylic acids is 1. The van der Waals surface area contributed by atoms with Gasteiger partial charge in [0, 0.05) is 13.1 Å². The van der Waals surface area contributed by atoms with Crippen molar-refractivity contribution in [2.75, 3.05) is 26.2 Å². The largest absolute Gasteiger partial charge is 0.480 e. The van der Waals surface area contributed by atoms with Gasteiger partial charge in [-0.2, -0.15) is 0 Å². The van der Waals surface area contributed by atoms with Gasteiger partial charge in [-0.3, -0.25) is 10.1 Å². The summed E-state index contributed by atoms with van der Waals surface area (Å²) in [4.78, 5) is 10.5. The fourth-order valence-electron chi connectivity index (χ4n) is 3.61. The van der Waals surface area contributed by atoms with Gasteiger partial charge in [0.2, 0.25) is 0 Å². The first-order chi connectivity index (χ1) is 14.2. The van der Waals surface area contributed by atoms with Gasteiger partial charge in [-0.15, -0.1) is 0 Å². The zero-order chi connectivity index (χ0) is 21.4. The van der Waals surface area contributed by atoms with E-state index in [-0.39, 0.29) is 12.7 Å². The zero-order valence-corrected chi connectivity index (χ0v) is 19.6. The lowest BCUT2D eigenvalue weighted by molar-refractivity contribution is -0.136. The molecular weight excluding hydrogens is 362 g/mol. The molecule has 0 heterocycles. The summed E-state index contributed by atoms with van der Waals surface area (Å²) in [5.74, 6) is -0.819. The second kappa shape index (κ2) is 23.6. The Morgan fingerprint density at radius 3 is 1.55 bits per heavy atom. The molecule has 0 radical (unpaired) electrons. The van der Waals surface area contributed by atoms with Crippen LogP contribution in [0.3, 0.4) is 0 Å². The number of nitrogens with one attached hydrogen (secondary N) is 3. The molecule has 0 bridgehead atoms. The molecule has 0 amide bonds. The van der Waals surface area contributed by atoms with Crippen molar-refractivity contribution >= 4 is 5.97 Å². The first-order valence-corrected chi connectivity index (χ1v) is 12.6. The number of hydrogen-bond acceptors (Lipinski definition) is 4. The monoisotopic (exact) mass is 413 g/mol. The highest BCUT2D eigenvalue weighted by molar-refractivity contribution is 5.69. The maximum atomic E-state index is 10.5. The van der Waals surface area contributed by atoms with Gasteiger partial charge in [-0.1, -0.05) is 103 Å². The van der Waals surface area contributed by atoms with E-state index in [0.29, 0.717) is 0 Å². The smallest absolute Gasteiger partial charge is 0.317 e. The Kier molecular flexibility index (Phi) is 23.1. The molecule has 1 atom stereocenters. The Balaban J connectivity index is 3.07. The molecule has 0 spiro atoms. The van der Waals surface area contributed by atoms with Crippen LogP contribution < -0.4 is 16.0 Å². The van der Waals surface area contributed by atoms with E-state index < -0.39 is 5.97 Å². The van der Waals surface area contributed by atoms with Crippen LogP contribution in [0.25, 0.3) is 0 Å². The maximum Gasteiger partial charge on any atom is 0.317 e. The van der Waals surface area contributed by atoms with Crippen LogP contribution in [0.4, 0.5) is 0 Å².